The molecule has 0 spiro atoms. The first-order valence-electron chi connectivity index (χ1n) is 8.65. The van der Waals surface area contributed by atoms with Crippen molar-refractivity contribution < 1.29 is 9.53 Å². The molecule has 1 saturated carbocycles. The third kappa shape index (κ3) is 3.58. The number of fused-ring (bicyclic) bond motifs is 1. The predicted octanol–water partition coefficient (Wildman–Crippen LogP) is 1.54. The lowest BCUT2D eigenvalue weighted by atomic mass is 9.81. The summed E-state index contributed by atoms with van der Waals surface area (Å²) in [4.78, 5) is 19.4. The molecule has 128 valence electrons. The van der Waals surface area contributed by atoms with E-state index in [1.807, 2.05) is 6.20 Å². The topological polar surface area (TPSA) is 59.4 Å². The van der Waals surface area contributed by atoms with Crippen molar-refractivity contribution >= 4 is 5.91 Å². The Labute approximate surface area is 138 Å². The summed E-state index contributed by atoms with van der Waals surface area (Å²) in [6.45, 7) is 3.65. The molecule has 2 heterocycles. The fourth-order valence-corrected chi connectivity index (χ4v) is 3.74. The van der Waals surface area contributed by atoms with Crippen molar-refractivity contribution in [1.29, 1.82) is 0 Å². The molecule has 1 aromatic heterocycles. The lowest BCUT2D eigenvalue weighted by Crippen LogP contribution is -2.41. The van der Waals surface area contributed by atoms with Crippen molar-refractivity contribution in [3.63, 3.8) is 0 Å². The zero-order valence-corrected chi connectivity index (χ0v) is 14.3. The second-order valence-electron chi connectivity index (χ2n) is 7.09. The van der Waals surface area contributed by atoms with E-state index in [1.54, 1.807) is 0 Å². The fraction of sp³-hybridized carbons (Fsp3) is 0.765. The van der Waals surface area contributed by atoms with Crippen LogP contribution in [-0.2, 0) is 29.2 Å². The molecule has 1 amide bonds. The molecule has 1 fully saturated rings. The number of hydrogen-bond acceptors (Lipinski definition) is 4. The molecule has 0 bridgehead atoms. The zero-order valence-electron chi connectivity index (χ0n) is 14.3. The smallest absolute Gasteiger partial charge is 0.226 e. The summed E-state index contributed by atoms with van der Waals surface area (Å²) in [6, 6.07) is 0. The summed E-state index contributed by atoms with van der Waals surface area (Å²) >= 11 is 0. The van der Waals surface area contributed by atoms with Crippen molar-refractivity contribution in [3.8, 4) is 0 Å². The van der Waals surface area contributed by atoms with Gasteiger partial charge in [0, 0.05) is 6.54 Å². The van der Waals surface area contributed by atoms with E-state index in [4.69, 9.17) is 4.74 Å². The van der Waals surface area contributed by atoms with Crippen LogP contribution in [-0.4, -0.2) is 47.6 Å². The van der Waals surface area contributed by atoms with Gasteiger partial charge in [0.05, 0.1) is 30.5 Å². The quantitative estimate of drug-likeness (QED) is 0.864. The van der Waals surface area contributed by atoms with Crippen LogP contribution in [0, 0.1) is 5.41 Å². The number of rotatable bonds is 6. The van der Waals surface area contributed by atoms with Gasteiger partial charge in [0.25, 0.3) is 0 Å². The molecule has 0 radical (unpaired) electrons. The van der Waals surface area contributed by atoms with Crippen LogP contribution < -0.4 is 5.32 Å². The number of amides is 1. The van der Waals surface area contributed by atoms with Gasteiger partial charge in [-0.3, -0.25) is 4.79 Å². The van der Waals surface area contributed by atoms with Crippen molar-refractivity contribution in [1.82, 2.24) is 19.8 Å². The lowest BCUT2D eigenvalue weighted by molar-refractivity contribution is -0.131. The second-order valence-corrected chi connectivity index (χ2v) is 7.09. The van der Waals surface area contributed by atoms with Crippen LogP contribution in [0.3, 0.4) is 0 Å². The van der Waals surface area contributed by atoms with Crippen LogP contribution in [0.1, 0.15) is 43.6 Å². The van der Waals surface area contributed by atoms with Gasteiger partial charge < -0.3 is 19.5 Å². The standard InChI is InChI=1S/C17H28N4O2/c1-20(2)8-7-17(5-3-4-6-17)16(22)19-12-14-11-18-15-13-23-10-9-21(14)15/h11H,3-10,12-13H2,1-2H3,(H,19,22). The molecule has 1 N–H and O–H groups in total. The van der Waals surface area contributed by atoms with Crippen LogP contribution in [0.15, 0.2) is 6.20 Å². The first-order valence-corrected chi connectivity index (χ1v) is 8.65. The van der Waals surface area contributed by atoms with E-state index in [0.29, 0.717) is 13.2 Å². The average Bonchev–Trinajstić information content (AvgIpc) is 3.18. The van der Waals surface area contributed by atoms with E-state index in [0.717, 1.165) is 50.5 Å². The Kier molecular flexibility index (Phi) is 5.02. The number of imidazole rings is 1. The summed E-state index contributed by atoms with van der Waals surface area (Å²) in [5.41, 5.74) is 0.912. The normalized spacial score (nSPS) is 19.8. The SMILES string of the molecule is CN(C)CCC1(C(=O)NCc2cnc3n2CCOC3)CCCC1. The highest BCUT2D eigenvalue weighted by Gasteiger charge is 2.40. The van der Waals surface area contributed by atoms with E-state index in [-0.39, 0.29) is 11.3 Å². The molecule has 6 nitrogen and oxygen atoms in total. The molecule has 1 aliphatic carbocycles. The molecule has 0 unspecified atom stereocenters. The number of aromatic nitrogens is 2. The number of nitrogens with one attached hydrogen (secondary N) is 1. The number of carbonyl (C=O) groups is 1. The number of carbonyl (C=O) groups excluding carboxylic acids is 1. The second kappa shape index (κ2) is 7.01. The fourth-order valence-electron chi connectivity index (χ4n) is 3.74. The Balaban J connectivity index is 1.62. The Morgan fingerprint density at radius 3 is 2.96 bits per heavy atom. The van der Waals surface area contributed by atoms with Crippen LogP contribution in [0.25, 0.3) is 0 Å². The van der Waals surface area contributed by atoms with Crippen LogP contribution in [0.2, 0.25) is 0 Å². The monoisotopic (exact) mass is 320 g/mol. The van der Waals surface area contributed by atoms with E-state index < -0.39 is 0 Å². The molecule has 2 aliphatic rings. The lowest BCUT2D eigenvalue weighted by Gasteiger charge is -2.29. The molecular weight excluding hydrogens is 292 g/mol. The summed E-state index contributed by atoms with van der Waals surface area (Å²) in [7, 11) is 4.14. The maximum absolute atomic E-state index is 12.9. The van der Waals surface area contributed by atoms with Gasteiger partial charge in [-0.2, -0.15) is 0 Å². The summed E-state index contributed by atoms with van der Waals surface area (Å²) in [6.07, 6.45) is 7.19. The predicted molar refractivity (Wildman–Crippen MR) is 87.8 cm³/mol. The van der Waals surface area contributed by atoms with Crippen LogP contribution >= 0.6 is 0 Å². The van der Waals surface area contributed by atoms with E-state index >= 15 is 0 Å². The zero-order chi connectivity index (χ0) is 16.3. The Hall–Kier alpha value is -1.40. The van der Waals surface area contributed by atoms with Crippen LogP contribution in [0.4, 0.5) is 0 Å². The number of ether oxygens (including phenoxy) is 1. The van der Waals surface area contributed by atoms with E-state index in [2.05, 4.69) is 33.9 Å². The maximum atomic E-state index is 12.9. The minimum Gasteiger partial charge on any atom is -0.372 e. The summed E-state index contributed by atoms with van der Waals surface area (Å²) < 4.78 is 7.58. The third-order valence-corrected chi connectivity index (χ3v) is 5.22. The number of hydrogen-bond donors (Lipinski definition) is 1. The Bertz CT molecular complexity index is 547. The van der Waals surface area contributed by atoms with Gasteiger partial charge >= 0.3 is 0 Å². The summed E-state index contributed by atoms with van der Waals surface area (Å²) in [5.74, 6) is 1.18. The minimum atomic E-state index is -0.169. The molecule has 1 aliphatic heterocycles. The highest BCUT2D eigenvalue weighted by Crippen LogP contribution is 2.41. The largest absolute Gasteiger partial charge is 0.372 e. The maximum Gasteiger partial charge on any atom is 0.226 e. The molecule has 3 rings (SSSR count). The molecule has 6 heteroatoms. The van der Waals surface area contributed by atoms with Crippen LogP contribution in [0.5, 0.6) is 0 Å². The minimum absolute atomic E-state index is 0.169. The van der Waals surface area contributed by atoms with Crippen molar-refractivity contribution in [3.05, 3.63) is 17.7 Å². The molecule has 23 heavy (non-hydrogen) atoms. The van der Waals surface area contributed by atoms with Gasteiger partial charge in [0.15, 0.2) is 0 Å². The van der Waals surface area contributed by atoms with Crippen molar-refractivity contribution in [2.24, 2.45) is 5.41 Å². The van der Waals surface area contributed by atoms with Crippen molar-refractivity contribution in [2.75, 3.05) is 27.2 Å². The highest BCUT2D eigenvalue weighted by molar-refractivity contribution is 5.82. The van der Waals surface area contributed by atoms with Crippen molar-refractivity contribution in [2.45, 2.75) is 51.8 Å². The van der Waals surface area contributed by atoms with Gasteiger partial charge in [0.2, 0.25) is 5.91 Å². The molecule has 0 atom stereocenters. The van der Waals surface area contributed by atoms with E-state index in [9.17, 15) is 4.79 Å². The number of nitrogens with zero attached hydrogens (tertiary/aromatic N) is 3. The van der Waals surface area contributed by atoms with E-state index in [1.165, 1.54) is 12.8 Å². The average molecular weight is 320 g/mol. The van der Waals surface area contributed by atoms with Gasteiger partial charge in [-0.1, -0.05) is 12.8 Å². The highest BCUT2D eigenvalue weighted by atomic mass is 16.5. The van der Waals surface area contributed by atoms with Gasteiger partial charge in [-0.15, -0.1) is 0 Å². The summed E-state index contributed by atoms with van der Waals surface area (Å²) in [5, 5.41) is 3.18. The van der Waals surface area contributed by atoms with Gasteiger partial charge in [-0.05, 0) is 39.9 Å². The molecule has 0 saturated heterocycles. The van der Waals surface area contributed by atoms with Gasteiger partial charge in [0.1, 0.15) is 12.4 Å². The Morgan fingerprint density at radius 2 is 2.22 bits per heavy atom. The van der Waals surface area contributed by atoms with Gasteiger partial charge in [-0.25, -0.2) is 4.98 Å². The molecule has 0 aromatic carbocycles. The first-order chi connectivity index (χ1) is 11.1. The first kappa shape index (κ1) is 16.5. The molecular formula is C17H28N4O2. The molecule has 1 aromatic rings. The third-order valence-electron chi connectivity index (χ3n) is 5.22. The Morgan fingerprint density at radius 1 is 1.43 bits per heavy atom.